The van der Waals surface area contributed by atoms with E-state index < -0.39 is 29.3 Å². The van der Waals surface area contributed by atoms with Gasteiger partial charge in [0.25, 0.3) is 0 Å². The zero-order valence-corrected chi connectivity index (χ0v) is 11.7. The third kappa shape index (κ3) is 3.29. The maximum Gasteiger partial charge on any atom is 0.416 e. The second kappa shape index (κ2) is 5.22. The van der Waals surface area contributed by atoms with E-state index in [-0.39, 0.29) is 11.7 Å². The van der Waals surface area contributed by atoms with E-state index >= 15 is 0 Å². The number of hydrogen-bond acceptors (Lipinski definition) is 2. The molecule has 0 aliphatic heterocycles. The number of amides is 2. The molecule has 1 saturated carbocycles. The van der Waals surface area contributed by atoms with E-state index in [0.29, 0.717) is 6.42 Å². The molecule has 0 heterocycles. The van der Waals surface area contributed by atoms with Crippen LogP contribution in [0.5, 0.6) is 0 Å². The molecule has 0 spiro atoms. The van der Waals surface area contributed by atoms with Gasteiger partial charge in [-0.15, -0.1) is 0 Å². The number of urea groups is 1. The molecular weight excluding hydrogens is 285 g/mol. The topological polar surface area (TPSA) is 61.4 Å². The SMILES string of the molecule is CC1(C)C(O)CC1NC(=O)Nc1cccc(C(F)(F)F)c1. The van der Waals surface area contributed by atoms with Gasteiger partial charge in [0.15, 0.2) is 0 Å². The Balaban J connectivity index is 1.98. The number of nitrogens with one attached hydrogen (secondary N) is 2. The van der Waals surface area contributed by atoms with Crippen LogP contribution in [0.15, 0.2) is 24.3 Å². The molecule has 0 saturated heterocycles. The maximum atomic E-state index is 12.6. The standard InChI is InChI=1S/C14H17F3N2O2/c1-13(2)10(7-11(13)20)19-12(21)18-9-5-3-4-8(6-9)14(15,16)17/h3-6,10-11,20H,7H2,1-2H3,(H2,18,19,21). The van der Waals surface area contributed by atoms with E-state index in [1.165, 1.54) is 12.1 Å². The number of carbonyl (C=O) groups is 1. The summed E-state index contributed by atoms with van der Waals surface area (Å²) >= 11 is 0. The van der Waals surface area contributed by atoms with Crippen LogP contribution < -0.4 is 10.6 Å². The molecule has 2 atom stereocenters. The van der Waals surface area contributed by atoms with Gasteiger partial charge in [-0.1, -0.05) is 19.9 Å². The van der Waals surface area contributed by atoms with Crippen LogP contribution in [0.1, 0.15) is 25.8 Å². The van der Waals surface area contributed by atoms with Crippen LogP contribution in [0.3, 0.4) is 0 Å². The van der Waals surface area contributed by atoms with Gasteiger partial charge in [-0.25, -0.2) is 4.79 Å². The lowest BCUT2D eigenvalue weighted by Gasteiger charge is -2.49. The highest BCUT2D eigenvalue weighted by Crippen LogP contribution is 2.40. The Hall–Kier alpha value is -1.76. The van der Waals surface area contributed by atoms with Crippen molar-refractivity contribution in [3.8, 4) is 0 Å². The average molecular weight is 302 g/mol. The molecule has 1 aromatic carbocycles. The molecule has 116 valence electrons. The lowest BCUT2D eigenvalue weighted by molar-refractivity contribution is -0.137. The summed E-state index contributed by atoms with van der Waals surface area (Å²) in [5.41, 5.74) is -1.19. The molecule has 4 nitrogen and oxygen atoms in total. The van der Waals surface area contributed by atoms with Crippen LogP contribution in [0.2, 0.25) is 0 Å². The van der Waals surface area contributed by atoms with Gasteiger partial charge in [-0.05, 0) is 24.6 Å². The second-order valence-corrected chi connectivity index (χ2v) is 5.80. The van der Waals surface area contributed by atoms with Gasteiger partial charge in [0.05, 0.1) is 11.7 Å². The molecule has 1 aliphatic rings. The van der Waals surface area contributed by atoms with E-state index in [2.05, 4.69) is 10.6 Å². The van der Waals surface area contributed by atoms with Gasteiger partial charge in [-0.3, -0.25) is 0 Å². The Bertz CT molecular complexity index is 543. The van der Waals surface area contributed by atoms with Gasteiger partial charge >= 0.3 is 12.2 Å². The number of aliphatic hydroxyl groups is 1. The van der Waals surface area contributed by atoms with Crippen molar-refractivity contribution in [2.45, 2.75) is 38.6 Å². The number of anilines is 1. The molecule has 2 unspecified atom stereocenters. The predicted octanol–water partition coefficient (Wildman–Crippen LogP) is 2.99. The maximum absolute atomic E-state index is 12.6. The molecule has 0 bridgehead atoms. The molecule has 1 aromatic rings. The Kier molecular flexibility index (Phi) is 3.88. The Labute approximate surface area is 120 Å². The summed E-state index contributed by atoms with van der Waals surface area (Å²) in [5.74, 6) is 0. The lowest BCUT2D eigenvalue weighted by Crippen LogP contribution is -2.61. The minimum Gasteiger partial charge on any atom is -0.392 e. The average Bonchev–Trinajstić information content (AvgIpc) is 2.37. The first-order valence-corrected chi connectivity index (χ1v) is 6.53. The van der Waals surface area contributed by atoms with Gasteiger partial charge in [0.1, 0.15) is 0 Å². The second-order valence-electron chi connectivity index (χ2n) is 5.80. The zero-order valence-electron chi connectivity index (χ0n) is 11.7. The molecule has 21 heavy (non-hydrogen) atoms. The summed E-state index contributed by atoms with van der Waals surface area (Å²) in [7, 11) is 0. The smallest absolute Gasteiger partial charge is 0.392 e. The Morgan fingerprint density at radius 1 is 1.38 bits per heavy atom. The highest BCUT2D eigenvalue weighted by molar-refractivity contribution is 5.89. The molecule has 7 heteroatoms. The quantitative estimate of drug-likeness (QED) is 0.786. The minimum absolute atomic E-state index is 0.0694. The molecule has 1 aliphatic carbocycles. The summed E-state index contributed by atoms with van der Waals surface area (Å²) in [6, 6.07) is 3.64. The fraction of sp³-hybridized carbons (Fsp3) is 0.500. The van der Waals surface area contributed by atoms with Gasteiger partial charge < -0.3 is 15.7 Å². The largest absolute Gasteiger partial charge is 0.416 e. The molecule has 1 fully saturated rings. The molecule has 2 rings (SSSR count). The van der Waals surface area contributed by atoms with Crippen molar-refractivity contribution in [3.63, 3.8) is 0 Å². The van der Waals surface area contributed by atoms with Crippen LogP contribution in [0.25, 0.3) is 0 Å². The van der Waals surface area contributed by atoms with Crippen molar-refractivity contribution in [2.75, 3.05) is 5.32 Å². The van der Waals surface area contributed by atoms with Crippen molar-refractivity contribution >= 4 is 11.7 Å². The summed E-state index contributed by atoms with van der Waals surface area (Å²) in [4.78, 5) is 11.8. The van der Waals surface area contributed by atoms with E-state index in [1.807, 2.05) is 13.8 Å². The first kappa shape index (κ1) is 15.6. The van der Waals surface area contributed by atoms with Crippen molar-refractivity contribution in [3.05, 3.63) is 29.8 Å². The number of aliphatic hydroxyl groups excluding tert-OH is 1. The lowest BCUT2D eigenvalue weighted by atomic mass is 9.65. The normalized spacial score (nSPS) is 24.1. The molecular formula is C14H17F3N2O2. The number of carbonyl (C=O) groups excluding carboxylic acids is 1. The van der Waals surface area contributed by atoms with E-state index in [4.69, 9.17) is 0 Å². The first-order valence-electron chi connectivity index (χ1n) is 6.53. The minimum atomic E-state index is -4.45. The molecule has 2 amide bonds. The highest BCUT2D eigenvalue weighted by atomic mass is 19.4. The van der Waals surface area contributed by atoms with Gasteiger partial charge in [-0.2, -0.15) is 13.2 Å². The summed E-state index contributed by atoms with van der Waals surface area (Å²) in [6.07, 6.45) is -4.51. The number of hydrogen-bond donors (Lipinski definition) is 3. The third-order valence-electron chi connectivity index (χ3n) is 3.97. The molecule has 3 N–H and O–H groups in total. The molecule has 0 radical (unpaired) electrons. The summed E-state index contributed by atoms with van der Waals surface area (Å²) in [5, 5.41) is 14.6. The highest BCUT2D eigenvalue weighted by Gasteiger charge is 2.48. The fourth-order valence-corrected chi connectivity index (χ4v) is 2.25. The van der Waals surface area contributed by atoms with Crippen LogP contribution in [-0.4, -0.2) is 23.3 Å². The van der Waals surface area contributed by atoms with Gasteiger partial charge in [0.2, 0.25) is 0 Å². The number of alkyl halides is 3. The first-order chi connectivity index (χ1) is 9.60. The zero-order chi connectivity index (χ0) is 15.8. The van der Waals surface area contributed by atoms with Crippen molar-refractivity contribution in [2.24, 2.45) is 5.41 Å². The van der Waals surface area contributed by atoms with E-state index in [1.54, 1.807) is 0 Å². The number of benzene rings is 1. The van der Waals surface area contributed by atoms with Crippen LogP contribution >= 0.6 is 0 Å². The van der Waals surface area contributed by atoms with Crippen LogP contribution in [-0.2, 0) is 6.18 Å². The van der Waals surface area contributed by atoms with Crippen LogP contribution in [0, 0.1) is 5.41 Å². The van der Waals surface area contributed by atoms with Crippen molar-refractivity contribution in [1.29, 1.82) is 0 Å². The van der Waals surface area contributed by atoms with Crippen molar-refractivity contribution in [1.82, 2.24) is 5.32 Å². The Morgan fingerprint density at radius 3 is 2.57 bits per heavy atom. The van der Waals surface area contributed by atoms with E-state index in [9.17, 15) is 23.1 Å². The van der Waals surface area contributed by atoms with Crippen molar-refractivity contribution < 1.29 is 23.1 Å². The summed E-state index contributed by atoms with van der Waals surface area (Å²) in [6.45, 7) is 3.63. The Morgan fingerprint density at radius 2 is 2.05 bits per heavy atom. The summed E-state index contributed by atoms with van der Waals surface area (Å²) < 4.78 is 37.7. The van der Waals surface area contributed by atoms with Gasteiger partial charge in [0, 0.05) is 17.1 Å². The predicted molar refractivity (Wildman–Crippen MR) is 71.8 cm³/mol. The van der Waals surface area contributed by atoms with E-state index in [0.717, 1.165) is 12.1 Å². The van der Waals surface area contributed by atoms with Crippen LogP contribution in [0.4, 0.5) is 23.7 Å². The third-order valence-corrected chi connectivity index (χ3v) is 3.97. The monoisotopic (exact) mass is 302 g/mol. The fourth-order valence-electron chi connectivity index (χ4n) is 2.25. The molecule has 0 aromatic heterocycles. The number of rotatable bonds is 2. The number of halogens is 3.